The van der Waals surface area contributed by atoms with E-state index in [9.17, 15) is 38.4 Å². The molecule has 4 heterocycles. The first-order chi connectivity index (χ1) is 31.3. The number of nitrogens with zero attached hydrogens (tertiary/aromatic N) is 4. The number of benzene rings is 3. The first-order valence-corrected chi connectivity index (χ1v) is 22.2. The van der Waals surface area contributed by atoms with Crippen LogP contribution < -0.4 is 33.1 Å². The van der Waals surface area contributed by atoms with Crippen molar-refractivity contribution in [3.05, 3.63) is 106 Å². The van der Waals surface area contributed by atoms with E-state index >= 15 is 0 Å². The molecule has 0 saturated carbocycles. The van der Waals surface area contributed by atoms with Gasteiger partial charge in [-0.05, 0) is 74.3 Å². The molecule has 7 amide bonds. The van der Waals surface area contributed by atoms with Gasteiger partial charge in [-0.15, -0.1) is 0 Å². The average Bonchev–Trinajstić information content (AvgIpc) is 3.83. The lowest BCUT2D eigenvalue weighted by molar-refractivity contribution is -0.145. The Labute approximate surface area is 376 Å². The standard InChI is InChI=1S/C48H55N9O8/c1-54-39-28-30(20-22-36(39)57(48(54)65)38-24-25-41(59)52-46(38)63)12-5-2-10-19-42(60)55-27-26-33-21-23-37(56(33)47(64)34(49)29-55)45(62)51-35(17-11-18-40(50)58)44(61)53-43(31-13-6-3-7-14-31)32-15-8-4-9-16-32/h3-4,6-9,13-16,20,22,28,33-35,37-38,43H,2,10-11,17-19,21,23-27,29,49H2,1H3,(H2,50,58)(H,51,62)(H,53,61)(H,52,59,63)/t33-,34+,35+,37+,38?/m1/s1. The average molecular weight is 886 g/mol. The second kappa shape index (κ2) is 20.6. The Morgan fingerprint density at radius 2 is 1.55 bits per heavy atom. The van der Waals surface area contributed by atoms with E-state index in [0.717, 1.165) is 11.1 Å². The van der Waals surface area contributed by atoms with Gasteiger partial charge in [0.15, 0.2) is 0 Å². The van der Waals surface area contributed by atoms with Gasteiger partial charge in [-0.3, -0.25) is 48.0 Å². The normalized spacial score (nSPS) is 20.3. The maximum Gasteiger partial charge on any atom is 0.329 e. The number of aromatic nitrogens is 2. The Balaban J connectivity index is 0.945. The fraction of sp³-hybridized carbons (Fsp3) is 0.417. The summed E-state index contributed by atoms with van der Waals surface area (Å²) in [5.41, 5.74) is 15.0. The molecule has 17 nitrogen and oxygen atoms in total. The maximum atomic E-state index is 14.1. The minimum Gasteiger partial charge on any atom is -0.370 e. The summed E-state index contributed by atoms with van der Waals surface area (Å²) in [6, 6.07) is 19.6. The summed E-state index contributed by atoms with van der Waals surface area (Å²) >= 11 is 0. The van der Waals surface area contributed by atoms with Crippen LogP contribution in [0, 0.1) is 11.8 Å². The van der Waals surface area contributed by atoms with Crippen LogP contribution in [0.4, 0.5) is 0 Å². The van der Waals surface area contributed by atoms with Crippen LogP contribution in [0.1, 0.15) is 99.4 Å². The van der Waals surface area contributed by atoms with Crippen molar-refractivity contribution in [3.8, 4) is 11.8 Å². The molecule has 4 aromatic rings. The number of imidazole rings is 1. The van der Waals surface area contributed by atoms with Crippen LogP contribution in [0.3, 0.4) is 0 Å². The summed E-state index contributed by atoms with van der Waals surface area (Å²) < 4.78 is 2.86. The fourth-order valence-electron chi connectivity index (χ4n) is 9.12. The Morgan fingerprint density at radius 1 is 0.846 bits per heavy atom. The molecule has 340 valence electrons. The SMILES string of the molecule is Cn1c(=O)n(C2CCC(=O)NC2=O)c2ccc(C#CCCCC(=O)N3CC[C@H]4CC[C@@H](C(=O)N[C@@H](CCCC(N)=O)C(=O)NC(c5ccccc5)c5ccccc5)N4C(=O)[C@@H](N)C3)cc21. The summed E-state index contributed by atoms with van der Waals surface area (Å²) in [5.74, 6) is 3.27. The highest BCUT2D eigenvalue weighted by Gasteiger charge is 2.45. The van der Waals surface area contributed by atoms with Crippen molar-refractivity contribution in [2.45, 2.75) is 107 Å². The van der Waals surface area contributed by atoms with Crippen LogP contribution in [-0.2, 0) is 40.6 Å². The Kier molecular flexibility index (Phi) is 14.6. The highest BCUT2D eigenvalue weighted by Crippen LogP contribution is 2.30. The second-order valence-corrected chi connectivity index (χ2v) is 16.9. The van der Waals surface area contributed by atoms with Crippen LogP contribution in [-0.4, -0.2) is 97.5 Å². The minimum absolute atomic E-state index is 0.0172. The fourth-order valence-corrected chi connectivity index (χ4v) is 9.12. The van der Waals surface area contributed by atoms with E-state index in [0.29, 0.717) is 55.2 Å². The maximum absolute atomic E-state index is 14.1. The Morgan fingerprint density at radius 3 is 2.23 bits per heavy atom. The van der Waals surface area contributed by atoms with Gasteiger partial charge in [0.25, 0.3) is 0 Å². The zero-order valence-electron chi connectivity index (χ0n) is 36.4. The van der Waals surface area contributed by atoms with E-state index in [4.69, 9.17) is 11.5 Å². The molecular formula is C48H55N9O8. The van der Waals surface area contributed by atoms with Crippen molar-refractivity contribution < 1.29 is 33.6 Å². The first kappa shape index (κ1) is 45.9. The van der Waals surface area contributed by atoms with Crippen molar-refractivity contribution in [2.75, 3.05) is 13.1 Å². The highest BCUT2D eigenvalue weighted by molar-refractivity contribution is 6.00. The van der Waals surface area contributed by atoms with Gasteiger partial charge in [-0.1, -0.05) is 72.5 Å². The number of carbonyl (C=O) groups excluding carboxylic acids is 7. The molecule has 7 rings (SSSR count). The molecule has 0 radical (unpaired) electrons. The second-order valence-electron chi connectivity index (χ2n) is 16.9. The Bertz CT molecular complexity index is 2540. The molecular weight excluding hydrogens is 831 g/mol. The molecule has 1 aromatic heterocycles. The van der Waals surface area contributed by atoms with Crippen LogP contribution in [0.2, 0.25) is 0 Å². The molecule has 0 bridgehead atoms. The van der Waals surface area contributed by atoms with E-state index in [1.54, 1.807) is 30.1 Å². The van der Waals surface area contributed by atoms with Crippen LogP contribution >= 0.6 is 0 Å². The molecule has 3 fully saturated rings. The lowest BCUT2D eigenvalue weighted by Gasteiger charge is -2.37. The van der Waals surface area contributed by atoms with Crippen LogP contribution in [0.15, 0.2) is 83.7 Å². The largest absolute Gasteiger partial charge is 0.370 e. The monoisotopic (exact) mass is 885 g/mol. The number of imide groups is 1. The number of primary amides is 1. The summed E-state index contributed by atoms with van der Waals surface area (Å²) in [4.78, 5) is 108. The van der Waals surface area contributed by atoms with Gasteiger partial charge in [0, 0.05) is 57.4 Å². The number of amides is 7. The summed E-state index contributed by atoms with van der Waals surface area (Å²) in [7, 11) is 1.62. The van der Waals surface area contributed by atoms with Crippen LogP contribution in [0.25, 0.3) is 11.0 Å². The molecule has 3 aromatic carbocycles. The van der Waals surface area contributed by atoms with Gasteiger partial charge in [-0.25, -0.2) is 4.79 Å². The zero-order chi connectivity index (χ0) is 46.2. The minimum atomic E-state index is -1.07. The quantitative estimate of drug-likeness (QED) is 0.0704. The molecule has 5 atom stereocenters. The van der Waals surface area contributed by atoms with Crippen molar-refractivity contribution in [3.63, 3.8) is 0 Å². The smallest absolute Gasteiger partial charge is 0.329 e. The number of piperidine rings is 1. The number of aryl methyl sites for hydroxylation is 1. The number of unbranched alkanes of at least 4 members (excludes halogenated alkanes) is 1. The predicted octanol–water partition coefficient (Wildman–Crippen LogP) is 1.80. The zero-order valence-corrected chi connectivity index (χ0v) is 36.4. The summed E-state index contributed by atoms with van der Waals surface area (Å²) in [6.45, 7) is 0.327. The number of hydrogen-bond acceptors (Lipinski definition) is 9. The van der Waals surface area contributed by atoms with E-state index in [-0.39, 0.29) is 68.6 Å². The molecule has 3 aliphatic heterocycles. The third-order valence-corrected chi connectivity index (χ3v) is 12.5. The molecule has 3 aliphatic rings. The molecule has 3 saturated heterocycles. The van der Waals surface area contributed by atoms with E-state index in [1.807, 2.05) is 60.7 Å². The Hall–Kier alpha value is -7.06. The van der Waals surface area contributed by atoms with E-state index in [1.165, 1.54) is 14.0 Å². The van der Waals surface area contributed by atoms with Gasteiger partial charge in [0.2, 0.25) is 41.4 Å². The van der Waals surface area contributed by atoms with Gasteiger partial charge in [0.05, 0.1) is 17.1 Å². The van der Waals surface area contributed by atoms with E-state index in [2.05, 4.69) is 27.8 Å². The van der Waals surface area contributed by atoms with Gasteiger partial charge in [0.1, 0.15) is 24.2 Å². The highest BCUT2D eigenvalue weighted by atomic mass is 16.2. The molecule has 17 heteroatoms. The number of nitrogens with two attached hydrogens (primary N) is 2. The topological polar surface area (TPSA) is 241 Å². The van der Waals surface area contributed by atoms with E-state index < -0.39 is 59.7 Å². The first-order valence-electron chi connectivity index (χ1n) is 22.2. The van der Waals surface area contributed by atoms with Crippen LogP contribution in [0.5, 0.6) is 0 Å². The van der Waals surface area contributed by atoms with Gasteiger partial charge in [-0.2, -0.15) is 0 Å². The van der Waals surface area contributed by atoms with Crippen molar-refractivity contribution in [1.29, 1.82) is 0 Å². The van der Waals surface area contributed by atoms with Gasteiger partial charge >= 0.3 is 5.69 Å². The molecule has 7 N–H and O–H groups in total. The number of nitrogens with one attached hydrogen (secondary N) is 3. The number of carbonyl (C=O) groups is 7. The third kappa shape index (κ3) is 10.7. The van der Waals surface area contributed by atoms with Gasteiger partial charge < -0.3 is 31.9 Å². The number of rotatable bonds is 14. The van der Waals surface area contributed by atoms with Crippen molar-refractivity contribution in [2.24, 2.45) is 18.5 Å². The molecule has 0 spiro atoms. The predicted molar refractivity (Wildman–Crippen MR) is 240 cm³/mol. The number of fused-ring (bicyclic) bond motifs is 2. The third-order valence-electron chi connectivity index (χ3n) is 12.5. The molecule has 0 aliphatic carbocycles. The lowest BCUT2D eigenvalue weighted by atomic mass is 9.97. The lowest BCUT2D eigenvalue weighted by Crippen LogP contribution is -2.60. The molecule has 65 heavy (non-hydrogen) atoms. The van der Waals surface area contributed by atoms with Crippen molar-refractivity contribution >= 4 is 52.4 Å². The van der Waals surface area contributed by atoms with Crippen molar-refractivity contribution in [1.82, 2.24) is 34.9 Å². The summed E-state index contributed by atoms with van der Waals surface area (Å²) in [6.07, 6.45) is 3.18. The number of hydrogen-bond donors (Lipinski definition) is 5. The molecule has 1 unspecified atom stereocenters. The summed E-state index contributed by atoms with van der Waals surface area (Å²) in [5, 5.41) is 8.30.